The summed E-state index contributed by atoms with van der Waals surface area (Å²) < 4.78 is 13.7. The largest absolute Gasteiger partial charge is 0.326 e. The summed E-state index contributed by atoms with van der Waals surface area (Å²) in [5.74, 6) is -1.48. The van der Waals surface area contributed by atoms with E-state index in [0.717, 1.165) is 6.07 Å². The van der Waals surface area contributed by atoms with Crippen LogP contribution in [0.2, 0.25) is 5.02 Å². The summed E-state index contributed by atoms with van der Waals surface area (Å²) >= 11 is 5.78. The summed E-state index contributed by atoms with van der Waals surface area (Å²) in [6.45, 7) is 3.14. The zero-order valence-corrected chi connectivity index (χ0v) is 12.8. The van der Waals surface area contributed by atoms with Crippen LogP contribution in [-0.2, 0) is 4.79 Å². The first kappa shape index (κ1) is 16.0. The van der Waals surface area contributed by atoms with Gasteiger partial charge in [0.2, 0.25) is 5.91 Å². The number of amides is 2. The van der Waals surface area contributed by atoms with Gasteiger partial charge in [0.25, 0.3) is 5.91 Å². The molecule has 0 bridgehead atoms. The van der Waals surface area contributed by atoms with Gasteiger partial charge in [0.05, 0.1) is 5.56 Å². The van der Waals surface area contributed by atoms with Crippen molar-refractivity contribution in [1.29, 1.82) is 0 Å². The Morgan fingerprint density at radius 2 is 1.73 bits per heavy atom. The Morgan fingerprint density at radius 1 is 1.09 bits per heavy atom. The Hall–Kier alpha value is -2.40. The maximum absolute atomic E-state index is 13.7. The third-order valence-electron chi connectivity index (χ3n) is 3.07. The van der Waals surface area contributed by atoms with Gasteiger partial charge >= 0.3 is 0 Å². The van der Waals surface area contributed by atoms with Crippen LogP contribution in [0, 0.1) is 12.7 Å². The number of rotatable bonds is 3. The van der Waals surface area contributed by atoms with Gasteiger partial charge in [0.1, 0.15) is 5.82 Å². The minimum Gasteiger partial charge on any atom is -0.326 e. The average molecular weight is 321 g/mol. The lowest BCUT2D eigenvalue weighted by atomic mass is 10.1. The quantitative estimate of drug-likeness (QED) is 0.898. The van der Waals surface area contributed by atoms with E-state index in [2.05, 4.69) is 10.6 Å². The molecule has 0 heterocycles. The van der Waals surface area contributed by atoms with Crippen LogP contribution in [-0.4, -0.2) is 11.8 Å². The van der Waals surface area contributed by atoms with Gasteiger partial charge in [-0.25, -0.2) is 4.39 Å². The second-order valence-electron chi connectivity index (χ2n) is 4.74. The molecule has 0 saturated heterocycles. The second kappa shape index (κ2) is 6.58. The van der Waals surface area contributed by atoms with Crippen LogP contribution in [0.5, 0.6) is 0 Å². The maximum Gasteiger partial charge on any atom is 0.258 e. The van der Waals surface area contributed by atoms with Crippen molar-refractivity contribution >= 4 is 34.8 Å². The number of hydrogen-bond acceptors (Lipinski definition) is 2. The zero-order valence-electron chi connectivity index (χ0n) is 12.0. The first-order valence-electron chi connectivity index (χ1n) is 6.52. The Bertz CT molecular complexity index is 747. The van der Waals surface area contributed by atoms with E-state index in [-0.39, 0.29) is 16.5 Å². The molecule has 22 heavy (non-hydrogen) atoms. The van der Waals surface area contributed by atoms with Gasteiger partial charge in [-0.15, -0.1) is 0 Å². The number of nitrogens with one attached hydrogen (secondary N) is 2. The average Bonchev–Trinajstić information content (AvgIpc) is 2.45. The molecule has 0 atom stereocenters. The fraction of sp³-hybridized carbons (Fsp3) is 0.125. The molecule has 2 rings (SSSR count). The summed E-state index contributed by atoms with van der Waals surface area (Å²) in [4.78, 5) is 23.3. The molecule has 2 amide bonds. The van der Waals surface area contributed by atoms with Gasteiger partial charge in [0.15, 0.2) is 0 Å². The third-order valence-corrected chi connectivity index (χ3v) is 3.30. The van der Waals surface area contributed by atoms with Crippen molar-refractivity contribution in [1.82, 2.24) is 0 Å². The van der Waals surface area contributed by atoms with Gasteiger partial charge in [-0.05, 0) is 42.8 Å². The van der Waals surface area contributed by atoms with Crippen LogP contribution in [0.4, 0.5) is 15.8 Å². The summed E-state index contributed by atoms with van der Waals surface area (Å²) in [7, 11) is 0. The van der Waals surface area contributed by atoms with Gasteiger partial charge in [-0.1, -0.05) is 17.7 Å². The predicted molar refractivity (Wildman–Crippen MR) is 84.8 cm³/mol. The van der Waals surface area contributed by atoms with Gasteiger partial charge in [-0.2, -0.15) is 0 Å². The number of carbonyl (C=O) groups is 2. The maximum atomic E-state index is 13.7. The molecule has 4 nitrogen and oxygen atoms in total. The Balaban J connectivity index is 2.29. The first-order chi connectivity index (χ1) is 10.4. The summed E-state index contributed by atoms with van der Waals surface area (Å²) in [5.41, 5.74) is 1.60. The molecule has 0 fully saturated rings. The Kier molecular flexibility index (Phi) is 4.78. The van der Waals surface area contributed by atoms with E-state index < -0.39 is 11.7 Å². The van der Waals surface area contributed by atoms with E-state index in [9.17, 15) is 14.0 Å². The highest BCUT2D eigenvalue weighted by Crippen LogP contribution is 2.24. The van der Waals surface area contributed by atoms with Crippen molar-refractivity contribution in [3.8, 4) is 0 Å². The normalized spacial score (nSPS) is 10.2. The van der Waals surface area contributed by atoms with Crippen molar-refractivity contribution in [3.05, 3.63) is 58.4 Å². The van der Waals surface area contributed by atoms with Crippen LogP contribution < -0.4 is 10.6 Å². The smallest absolute Gasteiger partial charge is 0.258 e. The number of benzene rings is 2. The highest BCUT2D eigenvalue weighted by molar-refractivity contribution is 6.31. The van der Waals surface area contributed by atoms with Gasteiger partial charge in [0, 0.05) is 23.3 Å². The highest BCUT2D eigenvalue weighted by Gasteiger charge is 2.14. The topological polar surface area (TPSA) is 58.2 Å². The van der Waals surface area contributed by atoms with E-state index in [0.29, 0.717) is 16.9 Å². The van der Waals surface area contributed by atoms with E-state index >= 15 is 0 Å². The minimum absolute atomic E-state index is 0.142. The lowest BCUT2D eigenvalue weighted by Crippen LogP contribution is -2.15. The van der Waals surface area contributed by atoms with Crippen molar-refractivity contribution < 1.29 is 14.0 Å². The summed E-state index contributed by atoms with van der Waals surface area (Å²) in [6.07, 6.45) is 0. The van der Waals surface area contributed by atoms with Gasteiger partial charge in [-0.3, -0.25) is 9.59 Å². The van der Waals surface area contributed by atoms with E-state index in [4.69, 9.17) is 11.6 Å². The van der Waals surface area contributed by atoms with Crippen LogP contribution >= 0.6 is 11.6 Å². The minimum atomic E-state index is -0.655. The molecule has 6 heteroatoms. The molecule has 0 aromatic heterocycles. The van der Waals surface area contributed by atoms with Crippen molar-refractivity contribution in [2.75, 3.05) is 10.6 Å². The molecule has 0 unspecified atom stereocenters. The fourth-order valence-electron chi connectivity index (χ4n) is 1.96. The monoisotopic (exact) mass is 320 g/mol. The van der Waals surface area contributed by atoms with Crippen LogP contribution in [0.1, 0.15) is 22.8 Å². The molecule has 2 aromatic carbocycles. The Labute approximate surface area is 132 Å². The van der Waals surface area contributed by atoms with Crippen molar-refractivity contribution in [3.63, 3.8) is 0 Å². The molecule has 0 aliphatic carbocycles. The fourth-order valence-corrected chi connectivity index (χ4v) is 2.13. The molecular weight excluding hydrogens is 307 g/mol. The van der Waals surface area contributed by atoms with Crippen LogP contribution in [0.3, 0.4) is 0 Å². The SMILES string of the molecule is CC(=O)Nc1cccc(NC(=O)c2cc(Cl)ccc2F)c1C. The van der Waals surface area contributed by atoms with E-state index in [1.807, 2.05) is 0 Å². The van der Waals surface area contributed by atoms with Crippen molar-refractivity contribution in [2.45, 2.75) is 13.8 Å². The molecule has 0 aliphatic heterocycles. The zero-order chi connectivity index (χ0) is 16.3. The van der Waals surface area contributed by atoms with Crippen LogP contribution in [0.25, 0.3) is 0 Å². The molecule has 114 valence electrons. The molecular formula is C16H14ClFN2O2. The number of carbonyl (C=O) groups excluding carboxylic acids is 2. The number of hydrogen-bond donors (Lipinski definition) is 2. The lowest BCUT2D eigenvalue weighted by Gasteiger charge is -2.13. The molecule has 0 aliphatic rings. The van der Waals surface area contributed by atoms with E-state index in [1.54, 1.807) is 25.1 Å². The predicted octanol–water partition coefficient (Wildman–Crippen LogP) is 4.00. The number of halogens is 2. The van der Waals surface area contributed by atoms with E-state index in [1.165, 1.54) is 19.1 Å². The third kappa shape index (κ3) is 3.62. The Morgan fingerprint density at radius 3 is 2.36 bits per heavy atom. The van der Waals surface area contributed by atoms with Crippen molar-refractivity contribution in [2.24, 2.45) is 0 Å². The summed E-state index contributed by atoms with van der Waals surface area (Å²) in [6, 6.07) is 8.84. The molecule has 2 N–H and O–H groups in total. The number of anilines is 2. The molecule has 0 spiro atoms. The molecule has 2 aromatic rings. The second-order valence-corrected chi connectivity index (χ2v) is 5.17. The highest BCUT2D eigenvalue weighted by atomic mass is 35.5. The molecule has 0 saturated carbocycles. The first-order valence-corrected chi connectivity index (χ1v) is 6.90. The summed E-state index contributed by atoms with van der Waals surface area (Å²) in [5, 5.41) is 5.55. The van der Waals surface area contributed by atoms with Crippen LogP contribution in [0.15, 0.2) is 36.4 Å². The molecule has 0 radical (unpaired) electrons. The standard InChI is InChI=1S/C16H14ClFN2O2/c1-9-14(19-10(2)21)4-3-5-15(9)20-16(22)12-8-11(17)6-7-13(12)18/h3-8H,1-2H3,(H,19,21)(H,20,22). The van der Waals surface area contributed by atoms with Gasteiger partial charge < -0.3 is 10.6 Å². The lowest BCUT2D eigenvalue weighted by molar-refractivity contribution is -0.114.